The Labute approximate surface area is 335 Å². The highest BCUT2D eigenvalue weighted by atomic mass is 35.7. The maximum atomic E-state index is 12.6. The van der Waals surface area contributed by atoms with Gasteiger partial charge in [0.05, 0.1) is 46.7 Å². The Balaban J connectivity index is 0.000000873. The number of rotatable bonds is 10. The number of aliphatic hydroxyl groups excluding tert-OH is 1. The summed E-state index contributed by atoms with van der Waals surface area (Å²) in [5.41, 5.74) is -3.45. The molecule has 1 aromatic heterocycles. The van der Waals surface area contributed by atoms with Crippen molar-refractivity contribution in [3.05, 3.63) is 90.3 Å². The molecule has 0 radical (unpaired) electrons. The average molecular weight is 878 g/mol. The summed E-state index contributed by atoms with van der Waals surface area (Å²) in [7, 11) is -2.48. The summed E-state index contributed by atoms with van der Waals surface area (Å²) in [5, 5.41) is 15.1. The van der Waals surface area contributed by atoms with Gasteiger partial charge in [0.1, 0.15) is 0 Å². The molecule has 57 heavy (non-hydrogen) atoms. The maximum absolute atomic E-state index is 12.6. The Morgan fingerprint density at radius 1 is 0.667 bits per heavy atom. The van der Waals surface area contributed by atoms with Crippen LogP contribution < -0.4 is 10.6 Å². The van der Waals surface area contributed by atoms with Gasteiger partial charge in [-0.2, -0.15) is 34.8 Å². The Bertz CT molecular complexity index is 1870. The van der Waals surface area contributed by atoms with Crippen molar-refractivity contribution >= 4 is 53.0 Å². The first-order valence-electron chi connectivity index (χ1n) is 16.9. The molecule has 0 saturated carbocycles. The molecular weight excluding hydrogens is 828 g/mol. The summed E-state index contributed by atoms with van der Waals surface area (Å²) < 4.78 is 122. The normalized spacial score (nSPS) is 13.4. The van der Waals surface area contributed by atoms with E-state index in [9.17, 15) is 57.9 Å². The number of amides is 2. The number of alkyl halides is 6. The van der Waals surface area contributed by atoms with E-state index < -0.39 is 77.5 Å². The van der Waals surface area contributed by atoms with Crippen molar-refractivity contribution in [3.63, 3.8) is 0 Å². The number of hydrogen-bond donors (Lipinski definition) is 3. The molecule has 11 nitrogen and oxygen atoms in total. The number of anilines is 2. The lowest BCUT2D eigenvalue weighted by Gasteiger charge is -2.34. The van der Waals surface area contributed by atoms with Gasteiger partial charge in [-0.3, -0.25) is 18.8 Å². The summed E-state index contributed by atoms with van der Waals surface area (Å²) in [4.78, 5) is 28.5. The smallest absolute Gasteiger partial charge is 0.392 e. The fourth-order valence-electron chi connectivity index (χ4n) is 4.73. The fourth-order valence-corrected chi connectivity index (χ4v) is 5.57. The van der Waals surface area contributed by atoms with Crippen molar-refractivity contribution < 1.29 is 62.1 Å². The minimum absolute atomic E-state index is 0.113. The second-order valence-electron chi connectivity index (χ2n) is 14.4. The van der Waals surface area contributed by atoms with E-state index in [1.54, 1.807) is 53.9 Å². The lowest BCUT2D eigenvalue weighted by molar-refractivity contribution is -0.138. The van der Waals surface area contributed by atoms with Gasteiger partial charge < -0.3 is 15.7 Å². The third-order valence-electron chi connectivity index (χ3n) is 7.64. The van der Waals surface area contributed by atoms with Gasteiger partial charge in [0.2, 0.25) is 20.9 Å². The minimum atomic E-state index is -4.46. The van der Waals surface area contributed by atoms with E-state index >= 15 is 0 Å². The van der Waals surface area contributed by atoms with Gasteiger partial charge in [-0.15, -0.1) is 0 Å². The average Bonchev–Trinajstić information content (AvgIpc) is 3.06. The van der Waals surface area contributed by atoms with Crippen molar-refractivity contribution in [2.24, 2.45) is 22.7 Å². The monoisotopic (exact) mass is 877 g/mol. The molecule has 3 N–H and O–H groups in total. The number of aromatic nitrogens is 1. The van der Waals surface area contributed by atoms with Crippen LogP contribution in [0.4, 0.5) is 37.7 Å². The zero-order valence-corrected chi connectivity index (χ0v) is 35.4. The van der Waals surface area contributed by atoms with E-state index in [1.807, 2.05) is 18.2 Å². The molecule has 2 amide bonds. The van der Waals surface area contributed by atoms with Gasteiger partial charge >= 0.3 is 12.4 Å². The Morgan fingerprint density at radius 2 is 1.00 bits per heavy atom. The predicted molar refractivity (Wildman–Crippen MR) is 208 cm³/mol. The summed E-state index contributed by atoms with van der Waals surface area (Å²) >= 11 is 0. The molecule has 2 unspecified atom stereocenters. The van der Waals surface area contributed by atoms with Crippen molar-refractivity contribution in [1.29, 1.82) is 0 Å². The van der Waals surface area contributed by atoms with Crippen LogP contribution in [-0.4, -0.2) is 63.5 Å². The summed E-state index contributed by atoms with van der Waals surface area (Å²) in [6.45, 7) is 13.2. The number of aliphatic hydroxyl groups is 1. The zero-order valence-electron chi connectivity index (χ0n) is 33.0. The van der Waals surface area contributed by atoms with Crippen LogP contribution in [0.2, 0.25) is 0 Å². The molecule has 0 aliphatic rings. The SMILES string of the molecule is CC(C)C(O)C(C)(C)C(=O)Nc1ccc(C(F)(F)F)cc1.CC(C)C(OS(C)(=O)=O)C(C)(C)C(=O)Nc1ccc(C(F)(F)F)cc1.CS(=O)(=O)Cl.c1ccncc1. The van der Waals surface area contributed by atoms with Crippen LogP contribution in [0, 0.1) is 22.7 Å². The van der Waals surface area contributed by atoms with Crippen molar-refractivity contribution in [2.75, 3.05) is 23.1 Å². The van der Waals surface area contributed by atoms with Gasteiger partial charge in [-0.05, 0) is 100 Å². The second kappa shape index (κ2) is 21.8. The molecular formula is C37H50ClF6N3O8S2. The molecule has 3 rings (SSSR count). The number of pyridine rings is 1. The molecule has 0 bridgehead atoms. The summed E-state index contributed by atoms with van der Waals surface area (Å²) in [6.07, 6.45) is -5.34. The first-order valence-corrected chi connectivity index (χ1v) is 21.4. The standard InChI is InChI=1S/C16H22F3NO4S.C15H20F3NO2.C5H5N.CH3ClO2S/c1-10(2)13(24-25(5,22)23)15(3,4)14(21)20-12-8-6-11(7-9-12)16(17,18)19;1-9(2)12(20)14(3,4)13(21)19-11-7-5-10(6-8-11)15(16,17)18;1-2-4-6-5-3-1;1-5(2,3)4/h6-10,13H,1-5H3,(H,20,21);5-9,12,20H,1-4H3,(H,19,21);1-5H;1H3. The molecule has 0 spiro atoms. The second-order valence-corrected chi connectivity index (χ2v) is 19.0. The number of nitrogens with one attached hydrogen (secondary N) is 2. The highest BCUT2D eigenvalue weighted by molar-refractivity contribution is 8.13. The van der Waals surface area contributed by atoms with Gasteiger partial charge in [-0.1, -0.05) is 33.8 Å². The van der Waals surface area contributed by atoms with E-state index in [0.29, 0.717) is 0 Å². The van der Waals surface area contributed by atoms with Crippen molar-refractivity contribution in [2.45, 2.75) is 80.0 Å². The Morgan fingerprint density at radius 3 is 1.23 bits per heavy atom. The number of hydrogen-bond acceptors (Lipinski definition) is 9. The van der Waals surface area contributed by atoms with Crippen molar-refractivity contribution in [3.8, 4) is 0 Å². The van der Waals surface area contributed by atoms with E-state index in [4.69, 9.17) is 4.18 Å². The Hall–Kier alpha value is -3.78. The molecule has 1 heterocycles. The van der Waals surface area contributed by atoms with Crippen LogP contribution in [0.25, 0.3) is 0 Å². The van der Waals surface area contributed by atoms with Gasteiger partial charge in [0.25, 0.3) is 10.1 Å². The minimum Gasteiger partial charge on any atom is -0.392 e. The maximum Gasteiger partial charge on any atom is 0.416 e. The number of nitrogens with zero attached hydrogens (tertiary/aromatic N) is 1. The quantitative estimate of drug-likeness (QED) is 0.103. The molecule has 2 aromatic carbocycles. The predicted octanol–water partition coefficient (Wildman–Crippen LogP) is 8.62. The number of benzene rings is 2. The molecule has 2 atom stereocenters. The molecule has 0 saturated heterocycles. The molecule has 20 heteroatoms. The highest BCUT2D eigenvalue weighted by Crippen LogP contribution is 2.34. The van der Waals surface area contributed by atoms with Crippen molar-refractivity contribution in [1.82, 2.24) is 4.98 Å². The van der Waals surface area contributed by atoms with Gasteiger partial charge in [-0.25, -0.2) is 8.42 Å². The highest BCUT2D eigenvalue weighted by Gasteiger charge is 2.42. The van der Waals surface area contributed by atoms with Crippen LogP contribution >= 0.6 is 10.7 Å². The molecule has 3 aromatic rings. The summed E-state index contributed by atoms with van der Waals surface area (Å²) in [6, 6.07) is 13.9. The van der Waals surface area contributed by atoms with E-state index in [0.717, 1.165) is 48.9 Å². The van der Waals surface area contributed by atoms with Crippen LogP contribution in [-0.2, 0) is 45.3 Å². The largest absolute Gasteiger partial charge is 0.416 e. The zero-order chi connectivity index (χ0) is 44.8. The van der Waals surface area contributed by atoms with E-state index in [-0.39, 0.29) is 23.2 Å². The topological polar surface area (TPSA) is 169 Å². The number of carbonyl (C=O) groups excluding carboxylic acids is 2. The number of carbonyl (C=O) groups is 2. The third kappa shape index (κ3) is 21.0. The lowest BCUT2D eigenvalue weighted by atomic mass is 9.80. The van der Waals surface area contributed by atoms with Crippen LogP contribution in [0.1, 0.15) is 66.5 Å². The van der Waals surface area contributed by atoms with E-state index in [1.165, 1.54) is 26.0 Å². The van der Waals surface area contributed by atoms with Crippen LogP contribution in [0.5, 0.6) is 0 Å². The first-order chi connectivity index (χ1) is 25.6. The van der Waals surface area contributed by atoms with Gasteiger partial charge in [0, 0.05) is 34.5 Å². The number of halogens is 7. The third-order valence-corrected chi connectivity index (χ3v) is 8.20. The van der Waals surface area contributed by atoms with E-state index in [2.05, 4.69) is 26.3 Å². The molecule has 0 aliphatic heterocycles. The lowest BCUT2D eigenvalue weighted by Crippen LogP contribution is -2.46. The Kier molecular flexibility index (Phi) is 20.4. The van der Waals surface area contributed by atoms with Crippen LogP contribution in [0.15, 0.2) is 79.1 Å². The molecule has 0 aliphatic carbocycles. The fraction of sp³-hybridized carbons (Fsp3) is 0.486. The van der Waals surface area contributed by atoms with Crippen LogP contribution in [0.3, 0.4) is 0 Å². The first kappa shape index (κ1) is 53.2. The summed E-state index contributed by atoms with van der Waals surface area (Å²) in [5.74, 6) is -1.40. The van der Waals surface area contributed by atoms with Gasteiger partial charge in [0.15, 0.2) is 0 Å². The molecule has 0 fully saturated rings. The molecule has 322 valence electrons.